The van der Waals surface area contributed by atoms with Crippen molar-refractivity contribution in [3.63, 3.8) is 0 Å². The molecule has 62 valence electrons. The van der Waals surface area contributed by atoms with Crippen LogP contribution in [0.5, 0.6) is 0 Å². The molecule has 0 amide bonds. The van der Waals surface area contributed by atoms with Crippen LogP contribution in [0.3, 0.4) is 0 Å². The van der Waals surface area contributed by atoms with E-state index < -0.39 is 0 Å². The number of methoxy groups -OCH3 is 2. The molecule has 0 aromatic carbocycles. The fraction of sp³-hybridized carbons (Fsp3) is 0.833. The van der Waals surface area contributed by atoms with Gasteiger partial charge in [-0.3, -0.25) is 4.99 Å². The van der Waals surface area contributed by atoms with Gasteiger partial charge in [0.15, 0.2) is 0 Å². The quantitative estimate of drug-likeness (QED) is 0.351. The summed E-state index contributed by atoms with van der Waals surface area (Å²) in [5, 5.41) is 2.73. The van der Waals surface area contributed by atoms with Gasteiger partial charge in [0.05, 0.1) is 6.34 Å². The predicted octanol–water partition coefficient (Wildman–Crippen LogP) is 0.101. The topological polar surface area (TPSA) is 42.9 Å². The summed E-state index contributed by atoms with van der Waals surface area (Å²) >= 11 is 0. The van der Waals surface area contributed by atoms with E-state index in [9.17, 15) is 0 Å². The first-order valence-corrected chi connectivity index (χ1v) is 2.89. The van der Waals surface area contributed by atoms with Crippen LogP contribution in [0, 0.1) is 0 Å². The molecule has 0 atom stereocenters. The van der Waals surface area contributed by atoms with E-state index >= 15 is 0 Å². The van der Waals surface area contributed by atoms with Crippen LogP contribution in [0.25, 0.3) is 0 Å². The Morgan fingerprint density at radius 1 is 1.40 bits per heavy atom. The van der Waals surface area contributed by atoms with Gasteiger partial charge in [-0.15, -0.1) is 0 Å². The molecule has 0 spiro atoms. The van der Waals surface area contributed by atoms with Gasteiger partial charge in [-0.2, -0.15) is 0 Å². The minimum absolute atomic E-state index is 0.389. The van der Waals surface area contributed by atoms with Crippen LogP contribution in [-0.2, 0) is 9.47 Å². The van der Waals surface area contributed by atoms with Gasteiger partial charge < -0.3 is 14.8 Å². The van der Waals surface area contributed by atoms with E-state index in [1.807, 2.05) is 7.05 Å². The van der Waals surface area contributed by atoms with Gasteiger partial charge in [0.25, 0.3) is 0 Å². The Bertz CT molecular complexity index is 64.8. The Morgan fingerprint density at radius 3 is 1.90 bits per heavy atom. The second kappa shape index (κ2) is 15.8. The van der Waals surface area contributed by atoms with E-state index in [-0.39, 0.29) is 0 Å². The van der Waals surface area contributed by atoms with Crippen LogP contribution in [-0.4, -0.2) is 41.4 Å². The van der Waals surface area contributed by atoms with Gasteiger partial charge in [-0.05, 0) is 0 Å². The zero-order valence-corrected chi connectivity index (χ0v) is 7.05. The van der Waals surface area contributed by atoms with Crippen LogP contribution in [0.4, 0.5) is 0 Å². The summed E-state index contributed by atoms with van der Waals surface area (Å²) in [6.45, 7) is 0.389. The molecule has 0 saturated carbocycles. The van der Waals surface area contributed by atoms with E-state index in [2.05, 4.69) is 19.8 Å². The molecule has 0 aliphatic carbocycles. The van der Waals surface area contributed by atoms with Crippen molar-refractivity contribution in [3.05, 3.63) is 0 Å². The summed E-state index contributed by atoms with van der Waals surface area (Å²) in [5.41, 5.74) is 0. The second-order valence-corrected chi connectivity index (χ2v) is 1.37. The van der Waals surface area contributed by atoms with Crippen molar-refractivity contribution in [2.24, 2.45) is 4.99 Å². The number of aliphatic imine (C=N–C) groups is 1. The second-order valence-electron chi connectivity index (χ2n) is 1.37. The van der Waals surface area contributed by atoms with Crippen molar-refractivity contribution in [1.82, 2.24) is 5.32 Å². The normalized spacial score (nSPS) is 8.80. The zero-order valence-electron chi connectivity index (χ0n) is 7.05. The van der Waals surface area contributed by atoms with Crippen molar-refractivity contribution in [3.8, 4) is 0 Å². The van der Waals surface area contributed by atoms with E-state index in [0.717, 1.165) is 0 Å². The lowest BCUT2D eigenvalue weighted by Crippen LogP contribution is -1.99. The molecule has 0 fully saturated rings. The van der Waals surface area contributed by atoms with E-state index in [4.69, 9.17) is 0 Å². The minimum Gasteiger partial charge on any atom is -0.380 e. The van der Waals surface area contributed by atoms with Crippen LogP contribution in [0.1, 0.15) is 0 Å². The first-order chi connectivity index (χ1) is 4.83. The number of rotatable bonds is 3. The highest BCUT2D eigenvalue weighted by Crippen LogP contribution is 1.60. The highest BCUT2D eigenvalue weighted by atomic mass is 16.6. The summed E-state index contributed by atoms with van der Waals surface area (Å²) in [6, 6.07) is 0. The molecule has 0 rings (SSSR count). The highest BCUT2D eigenvalue weighted by Gasteiger charge is 1.63. The number of hydrogen-bond acceptors (Lipinski definition) is 3. The summed E-state index contributed by atoms with van der Waals surface area (Å²) in [6.07, 6.45) is 1.62. The number of hydrogen-bond donors (Lipinski definition) is 1. The Morgan fingerprint density at radius 2 is 1.90 bits per heavy atom. The van der Waals surface area contributed by atoms with E-state index in [1.54, 1.807) is 27.6 Å². The lowest BCUT2D eigenvalue weighted by atomic mass is 11.1. The zero-order chi connectivity index (χ0) is 8.24. The van der Waals surface area contributed by atoms with Crippen molar-refractivity contribution < 1.29 is 9.47 Å². The third-order valence-corrected chi connectivity index (χ3v) is 0.494. The summed E-state index contributed by atoms with van der Waals surface area (Å²) in [7, 11) is 6.70. The largest absolute Gasteiger partial charge is 0.380 e. The predicted molar refractivity (Wildman–Crippen MR) is 42.4 cm³/mol. The monoisotopic (exact) mass is 148 g/mol. The van der Waals surface area contributed by atoms with E-state index in [0.29, 0.717) is 6.79 Å². The molecular weight excluding hydrogens is 132 g/mol. The van der Waals surface area contributed by atoms with Gasteiger partial charge in [-0.25, -0.2) is 0 Å². The van der Waals surface area contributed by atoms with Crippen LogP contribution < -0.4 is 5.32 Å². The third kappa shape index (κ3) is 26.3. The molecule has 0 aromatic rings. The number of nitrogens with one attached hydrogen (secondary N) is 1. The Hall–Kier alpha value is -0.610. The van der Waals surface area contributed by atoms with E-state index in [1.165, 1.54) is 0 Å². The van der Waals surface area contributed by atoms with Gasteiger partial charge in [0, 0.05) is 28.3 Å². The van der Waals surface area contributed by atoms with Crippen molar-refractivity contribution in [2.75, 3.05) is 35.1 Å². The number of ether oxygens (including phenoxy) is 2. The molecule has 0 aromatic heterocycles. The molecule has 0 saturated heterocycles. The first kappa shape index (κ1) is 12.1. The van der Waals surface area contributed by atoms with Gasteiger partial charge in [0.1, 0.15) is 6.79 Å². The smallest absolute Gasteiger partial charge is 0.145 e. The van der Waals surface area contributed by atoms with Crippen molar-refractivity contribution in [1.29, 1.82) is 0 Å². The fourth-order valence-corrected chi connectivity index (χ4v) is 0.247. The van der Waals surface area contributed by atoms with Crippen molar-refractivity contribution in [2.45, 2.75) is 0 Å². The van der Waals surface area contributed by atoms with Gasteiger partial charge >= 0.3 is 0 Å². The van der Waals surface area contributed by atoms with Crippen LogP contribution >= 0.6 is 0 Å². The Balaban J connectivity index is 0. The maximum Gasteiger partial charge on any atom is 0.145 e. The Kier molecular flexibility index (Phi) is 19.1. The van der Waals surface area contributed by atoms with Crippen LogP contribution in [0.2, 0.25) is 0 Å². The van der Waals surface area contributed by atoms with Gasteiger partial charge in [0.2, 0.25) is 0 Å². The maximum atomic E-state index is 4.47. The molecule has 10 heavy (non-hydrogen) atoms. The lowest BCUT2D eigenvalue weighted by Gasteiger charge is -1.87. The molecule has 4 nitrogen and oxygen atoms in total. The molecule has 0 aliphatic heterocycles. The first-order valence-electron chi connectivity index (χ1n) is 2.89. The molecule has 0 bridgehead atoms. The average Bonchev–Trinajstić information content (AvgIpc) is 1.93. The standard InChI is InChI=1S/C3H8N2.C3H8O2/c2*1-4-3-5-2/h3H,1-2H3,(H,4,5);3H2,1-2H3. The fourth-order valence-electron chi connectivity index (χ4n) is 0.247. The lowest BCUT2D eigenvalue weighted by molar-refractivity contribution is -0.00271. The summed E-state index contributed by atoms with van der Waals surface area (Å²) < 4.78 is 8.94. The highest BCUT2D eigenvalue weighted by molar-refractivity contribution is 5.52. The molecule has 0 heterocycles. The molecule has 0 aliphatic rings. The molecule has 0 unspecified atom stereocenters. The molecular formula is C6H16N2O2. The average molecular weight is 148 g/mol. The molecule has 4 heteroatoms. The summed E-state index contributed by atoms with van der Waals surface area (Å²) in [4.78, 5) is 3.62. The van der Waals surface area contributed by atoms with Crippen molar-refractivity contribution >= 4 is 6.34 Å². The molecule has 1 N–H and O–H groups in total. The molecule has 0 radical (unpaired) electrons. The number of nitrogens with zero attached hydrogens (tertiary/aromatic N) is 1. The maximum absolute atomic E-state index is 4.47. The third-order valence-electron chi connectivity index (χ3n) is 0.494. The van der Waals surface area contributed by atoms with Crippen LogP contribution in [0.15, 0.2) is 4.99 Å². The summed E-state index contributed by atoms with van der Waals surface area (Å²) in [5.74, 6) is 0. The SMILES string of the molecule is CN=CNC.COCOC. The van der Waals surface area contributed by atoms with Gasteiger partial charge in [-0.1, -0.05) is 0 Å². The minimum atomic E-state index is 0.389. The Labute approximate surface area is 62.2 Å².